The standard InChI is InChI=1S/C14H15N3O5S2/c1-17(24(2,21)22)11-6-9(5-10(7-11)14(19)20)13(18)16-8-12-15-3-4-23-12/h3-7H,8H2,1-2H3,(H,16,18)(H,19,20). The number of rotatable bonds is 6. The number of anilines is 1. The fourth-order valence-corrected chi connectivity index (χ4v) is 2.88. The number of nitrogens with one attached hydrogen (secondary N) is 1. The van der Waals surface area contributed by atoms with Crippen molar-refractivity contribution in [2.24, 2.45) is 0 Å². The van der Waals surface area contributed by atoms with E-state index in [1.54, 1.807) is 11.6 Å². The van der Waals surface area contributed by atoms with Crippen LogP contribution < -0.4 is 9.62 Å². The third-order valence-electron chi connectivity index (χ3n) is 3.17. The van der Waals surface area contributed by atoms with Crippen molar-refractivity contribution in [2.45, 2.75) is 6.54 Å². The molecule has 10 heteroatoms. The third kappa shape index (κ3) is 4.30. The van der Waals surface area contributed by atoms with Crippen LogP contribution in [0, 0.1) is 0 Å². The first-order chi connectivity index (χ1) is 11.2. The molecule has 0 spiro atoms. The smallest absolute Gasteiger partial charge is 0.335 e. The largest absolute Gasteiger partial charge is 0.478 e. The highest BCUT2D eigenvalue weighted by molar-refractivity contribution is 7.92. The Morgan fingerprint density at radius 3 is 2.50 bits per heavy atom. The van der Waals surface area contributed by atoms with Crippen LogP contribution in [-0.2, 0) is 16.6 Å². The number of nitrogens with zero attached hydrogens (tertiary/aromatic N) is 2. The van der Waals surface area contributed by atoms with Crippen LogP contribution in [0.15, 0.2) is 29.8 Å². The molecule has 1 aromatic heterocycles. The number of sulfonamides is 1. The lowest BCUT2D eigenvalue weighted by Gasteiger charge is -2.18. The van der Waals surface area contributed by atoms with Gasteiger partial charge in [0.2, 0.25) is 10.0 Å². The number of carbonyl (C=O) groups excluding carboxylic acids is 1. The minimum atomic E-state index is -3.59. The van der Waals surface area contributed by atoms with Crippen molar-refractivity contribution >= 4 is 38.9 Å². The Kier molecular flexibility index (Phi) is 5.20. The summed E-state index contributed by atoms with van der Waals surface area (Å²) in [6.07, 6.45) is 2.60. The Morgan fingerprint density at radius 2 is 1.96 bits per heavy atom. The van der Waals surface area contributed by atoms with Crippen molar-refractivity contribution in [3.8, 4) is 0 Å². The monoisotopic (exact) mass is 369 g/mol. The van der Waals surface area contributed by atoms with Crippen LogP contribution in [0.25, 0.3) is 0 Å². The minimum Gasteiger partial charge on any atom is -0.478 e. The quantitative estimate of drug-likeness (QED) is 0.789. The second kappa shape index (κ2) is 6.97. The van der Waals surface area contributed by atoms with Crippen molar-refractivity contribution in [3.63, 3.8) is 0 Å². The number of benzene rings is 1. The summed E-state index contributed by atoms with van der Waals surface area (Å²) >= 11 is 1.37. The van der Waals surface area contributed by atoms with E-state index in [1.807, 2.05) is 0 Å². The van der Waals surface area contributed by atoms with E-state index in [0.29, 0.717) is 5.01 Å². The van der Waals surface area contributed by atoms with Gasteiger partial charge in [-0.25, -0.2) is 18.2 Å². The molecule has 0 aliphatic heterocycles. The van der Waals surface area contributed by atoms with Crippen molar-refractivity contribution in [1.82, 2.24) is 10.3 Å². The summed E-state index contributed by atoms with van der Waals surface area (Å²) in [6, 6.07) is 3.71. The predicted octanol–water partition coefficient (Wildman–Crippen LogP) is 1.17. The normalized spacial score (nSPS) is 11.1. The summed E-state index contributed by atoms with van der Waals surface area (Å²) in [5, 5.41) is 14.3. The second-order valence-electron chi connectivity index (χ2n) is 4.91. The van der Waals surface area contributed by atoms with Gasteiger partial charge in [-0.05, 0) is 18.2 Å². The average Bonchev–Trinajstić information content (AvgIpc) is 3.03. The highest BCUT2D eigenvalue weighted by atomic mass is 32.2. The molecule has 0 aliphatic carbocycles. The Balaban J connectivity index is 2.32. The van der Waals surface area contributed by atoms with Gasteiger partial charge in [-0.2, -0.15) is 0 Å². The molecule has 0 atom stereocenters. The number of carboxylic acids is 1. The first-order valence-corrected chi connectivity index (χ1v) is 9.40. The molecule has 1 aromatic carbocycles. The van der Waals surface area contributed by atoms with Crippen LogP contribution >= 0.6 is 11.3 Å². The Labute approximate surface area is 142 Å². The van der Waals surface area contributed by atoms with E-state index in [-0.39, 0.29) is 23.4 Å². The molecule has 0 bridgehead atoms. The fraction of sp³-hybridized carbons (Fsp3) is 0.214. The van der Waals surface area contributed by atoms with E-state index >= 15 is 0 Å². The maximum Gasteiger partial charge on any atom is 0.335 e. The van der Waals surface area contributed by atoms with Gasteiger partial charge in [0.1, 0.15) is 5.01 Å². The lowest BCUT2D eigenvalue weighted by atomic mass is 10.1. The van der Waals surface area contributed by atoms with Crippen LogP contribution in [0.4, 0.5) is 5.69 Å². The maximum atomic E-state index is 12.2. The van der Waals surface area contributed by atoms with Gasteiger partial charge in [0, 0.05) is 24.2 Å². The average molecular weight is 369 g/mol. The third-order valence-corrected chi connectivity index (χ3v) is 5.16. The molecular formula is C14H15N3O5S2. The zero-order valence-electron chi connectivity index (χ0n) is 12.9. The number of aromatic carboxylic acids is 1. The molecule has 1 heterocycles. The molecule has 0 saturated heterocycles. The van der Waals surface area contributed by atoms with Crippen LogP contribution in [0.2, 0.25) is 0 Å². The maximum absolute atomic E-state index is 12.2. The van der Waals surface area contributed by atoms with Crippen molar-refractivity contribution in [1.29, 1.82) is 0 Å². The number of carbonyl (C=O) groups is 2. The Bertz CT molecular complexity index is 863. The molecule has 128 valence electrons. The highest BCUT2D eigenvalue weighted by Gasteiger charge is 2.18. The second-order valence-corrected chi connectivity index (χ2v) is 7.91. The van der Waals surface area contributed by atoms with Gasteiger partial charge in [-0.15, -0.1) is 11.3 Å². The molecule has 0 unspecified atom stereocenters. The van der Waals surface area contributed by atoms with E-state index in [4.69, 9.17) is 0 Å². The zero-order valence-corrected chi connectivity index (χ0v) is 14.5. The van der Waals surface area contributed by atoms with E-state index in [1.165, 1.54) is 36.6 Å². The summed E-state index contributed by atoms with van der Waals surface area (Å²) in [7, 11) is -2.30. The summed E-state index contributed by atoms with van der Waals surface area (Å²) in [6.45, 7) is 0.199. The Hall–Kier alpha value is -2.46. The van der Waals surface area contributed by atoms with Crippen LogP contribution in [0.1, 0.15) is 25.7 Å². The minimum absolute atomic E-state index is 0.0527. The summed E-state index contributed by atoms with van der Waals surface area (Å²) < 4.78 is 24.2. The van der Waals surface area contributed by atoms with Crippen molar-refractivity contribution < 1.29 is 23.1 Å². The molecule has 2 N–H and O–H groups in total. The lowest BCUT2D eigenvalue weighted by Crippen LogP contribution is -2.27. The molecule has 8 nitrogen and oxygen atoms in total. The van der Waals surface area contributed by atoms with Gasteiger partial charge in [0.05, 0.1) is 24.1 Å². The number of aromatic nitrogens is 1. The van der Waals surface area contributed by atoms with E-state index in [9.17, 15) is 23.1 Å². The van der Waals surface area contributed by atoms with Gasteiger partial charge >= 0.3 is 5.97 Å². The molecule has 0 aliphatic rings. The molecule has 24 heavy (non-hydrogen) atoms. The number of hydrogen-bond donors (Lipinski definition) is 2. The number of hydrogen-bond acceptors (Lipinski definition) is 6. The SMILES string of the molecule is CN(c1cc(C(=O)O)cc(C(=O)NCc2nccs2)c1)S(C)(=O)=O. The van der Waals surface area contributed by atoms with Crippen LogP contribution in [0.3, 0.4) is 0 Å². The molecule has 2 aromatic rings. The van der Waals surface area contributed by atoms with Crippen molar-refractivity contribution in [2.75, 3.05) is 17.6 Å². The Morgan fingerprint density at radius 1 is 1.29 bits per heavy atom. The molecular weight excluding hydrogens is 354 g/mol. The molecule has 1 amide bonds. The van der Waals surface area contributed by atoms with Crippen molar-refractivity contribution in [3.05, 3.63) is 45.9 Å². The molecule has 0 radical (unpaired) electrons. The number of carboxylic acid groups (broad SMARTS) is 1. The van der Waals surface area contributed by atoms with Crippen LogP contribution in [-0.4, -0.2) is 43.7 Å². The topological polar surface area (TPSA) is 117 Å². The number of thiazole rings is 1. The van der Waals surface area contributed by atoms with Gasteiger partial charge in [-0.1, -0.05) is 0 Å². The van der Waals surface area contributed by atoms with E-state index < -0.39 is 21.9 Å². The van der Waals surface area contributed by atoms with Gasteiger partial charge in [-0.3, -0.25) is 9.10 Å². The zero-order chi connectivity index (χ0) is 17.9. The first kappa shape index (κ1) is 17.9. The summed E-state index contributed by atoms with van der Waals surface area (Å²) in [5.41, 5.74) is -0.0313. The summed E-state index contributed by atoms with van der Waals surface area (Å²) in [4.78, 5) is 27.5. The molecule has 2 rings (SSSR count). The van der Waals surface area contributed by atoms with Crippen LogP contribution in [0.5, 0.6) is 0 Å². The molecule has 0 saturated carbocycles. The predicted molar refractivity (Wildman–Crippen MR) is 89.9 cm³/mol. The first-order valence-electron chi connectivity index (χ1n) is 6.67. The number of amides is 1. The fourth-order valence-electron chi connectivity index (χ4n) is 1.84. The van der Waals surface area contributed by atoms with Gasteiger partial charge in [0.15, 0.2) is 0 Å². The van der Waals surface area contributed by atoms with Gasteiger partial charge < -0.3 is 10.4 Å². The van der Waals surface area contributed by atoms with E-state index in [0.717, 1.165) is 10.6 Å². The summed E-state index contributed by atoms with van der Waals surface area (Å²) in [5.74, 6) is -1.77. The van der Waals surface area contributed by atoms with E-state index in [2.05, 4.69) is 10.3 Å². The lowest BCUT2D eigenvalue weighted by molar-refractivity contribution is 0.0697. The van der Waals surface area contributed by atoms with Gasteiger partial charge in [0.25, 0.3) is 5.91 Å². The molecule has 0 fully saturated rings. The highest BCUT2D eigenvalue weighted by Crippen LogP contribution is 2.21.